The molecule has 1 saturated heterocycles. The maximum atomic E-state index is 14.2. The van der Waals surface area contributed by atoms with Gasteiger partial charge in [0.05, 0.1) is 12.8 Å². The highest BCUT2D eigenvalue weighted by atomic mass is 16.5. The second kappa shape index (κ2) is 13.9. The minimum absolute atomic E-state index is 0.156. The van der Waals surface area contributed by atoms with Crippen molar-refractivity contribution < 1.29 is 14.3 Å². The number of carbonyl (C=O) groups is 1. The van der Waals surface area contributed by atoms with Gasteiger partial charge in [-0.3, -0.25) is 4.79 Å². The van der Waals surface area contributed by atoms with Gasteiger partial charge in [-0.1, -0.05) is 91.0 Å². The largest absolute Gasteiger partial charge is 0.495 e. The van der Waals surface area contributed by atoms with Gasteiger partial charge in [-0.15, -0.1) is 0 Å². The number of aromatic nitrogens is 1. The normalized spacial score (nSPS) is 13.8. The molecule has 1 aliphatic heterocycles. The van der Waals surface area contributed by atoms with Gasteiger partial charge in [0.15, 0.2) is 0 Å². The standard InChI is InChI=1S/C41H39N3O3/c1-46-40-22-11-10-21-39(40)42-23-25-43(26-24-42)41(45)28-36(32-15-12-18-34(27-32)47-33-16-6-3-7-17-33)37-30-44(29-31-13-4-2-5-14-31)38-20-9-8-19-35(37)38/h2-22,27,30,36H,23-26,28-29H2,1H3. The summed E-state index contributed by atoms with van der Waals surface area (Å²) >= 11 is 0. The van der Waals surface area contributed by atoms with E-state index in [2.05, 4.69) is 82.4 Å². The molecule has 0 saturated carbocycles. The summed E-state index contributed by atoms with van der Waals surface area (Å²) < 4.78 is 14.2. The molecule has 7 rings (SSSR count). The molecule has 1 fully saturated rings. The predicted molar refractivity (Wildman–Crippen MR) is 189 cm³/mol. The number of anilines is 1. The zero-order chi connectivity index (χ0) is 32.0. The van der Waals surface area contributed by atoms with Gasteiger partial charge in [0.25, 0.3) is 0 Å². The van der Waals surface area contributed by atoms with E-state index in [4.69, 9.17) is 9.47 Å². The van der Waals surface area contributed by atoms with Crippen LogP contribution in [0.25, 0.3) is 10.9 Å². The van der Waals surface area contributed by atoms with Crippen molar-refractivity contribution in [2.24, 2.45) is 0 Å². The van der Waals surface area contributed by atoms with Gasteiger partial charge < -0.3 is 23.8 Å². The fraction of sp³-hybridized carbons (Fsp3) is 0.195. The lowest BCUT2D eigenvalue weighted by atomic mass is 9.87. The molecule has 0 aliphatic carbocycles. The van der Waals surface area contributed by atoms with Crippen molar-refractivity contribution in [3.05, 3.63) is 156 Å². The van der Waals surface area contributed by atoms with E-state index < -0.39 is 0 Å². The van der Waals surface area contributed by atoms with Crippen LogP contribution in [0.5, 0.6) is 17.2 Å². The van der Waals surface area contributed by atoms with Crippen LogP contribution in [0.2, 0.25) is 0 Å². The molecule has 0 N–H and O–H groups in total. The summed E-state index contributed by atoms with van der Waals surface area (Å²) in [5, 5.41) is 1.16. The highest BCUT2D eigenvalue weighted by Crippen LogP contribution is 2.38. The van der Waals surface area contributed by atoms with Crippen molar-refractivity contribution in [2.75, 3.05) is 38.2 Å². The molecular weight excluding hydrogens is 582 g/mol. The number of hydrogen-bond donors (Lipinski definition) is 0. The average Bonchev–Trinajstić information content (AvgIpc) is 3.49. The summed E-state index contributed by atoms with van der Waals surface area (Å²) in [6.07, 6.45) is 2.61. The fourth-order valence-electron chi connectivity index (χ4n) is 6.68. The third-order valence-corrected chi connectivity index (χ3v) is 9.07. The van der Waals surface area contributed by atoms with E-state index in [1.54, 1.807) is 7.11 Å². The maximum absolute atomic E-state index is 14.2. The Kier molecular flexibility index (Phi) is 8.91. The van der Waals surface area contributed by atoms with Crippen LogP contribution >= 0.6 is 0 Å². The molecule has 6 heteroatoms. The van der Waals surface area contributed by atoms with E-state index >= 15 is 0 Å². The maximum Gasteiger partial charge on any atom is 0.223 e. The first-order valence-corrected chi connectivity index (χ1v) is 16.3. The molecule has 1 atom stereocenters. The summed E-state index contributed by atoms with van der Waals surface area (Å²) in [6.45, 7) is 3.60. The molecule has 0 bridgehead atoms. The number of piperazine rings is 1. The number of ether oxygens (including phenoxy) is 2. The van der Waals surface area contributed by atoms with Crippen LogP contribution in [0.3, 0.4) is 0 Å². The molecule has 1 aliphatic rings. The molecule has 0 radical (unpaired) electrons. The van der Waals surface area contributed by atoms with E-state index in [1.807, 2.05) is 71.6 Å². The number of nitrogens with zero attached hydrogens (tertiary/aromatic N) is 3. The number of benzene rings is 5. The quantitative estimate of drug-likeness (QED) is 0.154. The number of rotatable bonds is 10. The van der Waals surface area contributed by atoms with Crippen LogP contribution in [0.15, 0.2) is 140 Å². The number of hydrogen-bond acceptors (Lipinski definition) is 4. The van der Waals surface area contributed by atoms with E-state index in [0.717, 1.165) is 64.6 Å². The Hall–Kier alpha value is -5.49. The van der Waals surface area contributed by atoms with E-state index in [-0.39, 0.29) is 11.8 Å². The first-order valence-electron chi connectivity index (χ1n) is 16.3. The average molecular weight is 622 g/mol. The van der Waals surface area contributed by atoms with Crippen LogP contribution in [0, 0.1) is 0 Å². The summed E-state index contributed by atoms with van der Waals surface area (Å²) in [6, 6.07) is 45.2. The Bertz CT molecular complexity index is 1950. The molecule has 1 unspecified atom stereocenters. The molecular formula is C41H39N3O3. The van der Waals surface area contributed by atoms with Gasteiger partial charge in [-0.25, -0.2) is 0 Å². The number of fused-ring (bicyclic) bond motifs is 1. The number of para-hydroxylation sites is 4. The van der Waals surface area contributed by atoms with Crippen molar-refractivity contribution in [3.63, 3.8) is 0 Å². The molecule has 6 nitrogen and oxygen atoms in total. The first kappa shape index (κ1) is 30.2. The van der Waals surface area contributed by atoms with E-state index in [1.165, 1.54) is 5.56 Å². The monoisotopic (exact) mass is 621 g/mol. The summed E-state index contributed by atoms with van der Waals surface area (Å²) in [4.78, 5) is 18.5. The molecule has 6 aromatic rings. The highest BCUT2D eigenvalue weighted by Gasteiger charge is 2.28. The van der Waals surface area contributed by atoms with Crippen molar-refractivity contribution in [1.82, 2.24) is 9.47 Å². The van der Waals surface area contributed by atoms with Crippen LogP contribution in [-0.4, -0.2) is 48.7 Å². The van der Waals surface area contributed by atoms with Gasteiger partial charge in [0, 0.05) is 62.2 Å². The molecule has 2 heterocycles. The van der Waals surface area contributed by atoms with Crippen molar-refractivity contribution in [3.8, 4) is 17.2 Å². The van der Waals surface area contributed by atoms with E-state index in [0.29, 0.717) is 19.5 Å². The van der Waals surface area contributed by atoms with Gasteiger partial charge in [-0.2, -0.15) is 0 Å². The second-order valence-corrected chi connectivity index (χ2v) is 12.0. The fourth-order valence-corrected chi connectivity index (χ4v) is 6.68. The molecule has 47 heavy (non-hydrogen) atoms. The van der Waals surface area contributed by atoms with Crippen LogP contribution in [-0.2, 0) is 11.3 Å². The molecule has 1 amide bonds. The van der Waals surface area contributed by atoms with Crippen LogP contribution in [0.1, 0.15) is 29.0 Å². The Morgan fingerprint density at radius 3 is 2.19 bits per heavy atom. The minimum atomic E-state index is -0.156. The summed E-state index contributed by atoms with van der Waals surface area (Å²) in [5.74, 6) is 2.39. The smallest absolute Gasteiger partial charge is 0.223 e. The number of amides is 1. The topological polar surface area (TPSA) is 46.9 Å². The Morgan fingerprint density at radius 1 is 0.723 bits per heavy atom. The zero-order valence-corrected chi connectivity index (χ0v) is 26.7. The predicted octanol–water partition coefficient (Wildman–Crippen LogP) is 8.36. The van der Waals surface area contributed by atoms with E-state index in [9.17, 15) is 4.79 Å². The number of carbonyl (C=O) groups excluding carboxylic acids is 1. The molecule has 1 aromatic heterocycles. The molecule has 5 aromatic carbocycles. The third-order valence-electron chi connectivity index (χ3n) is 9.07. The SMILES string of the molecule is COc1ccccc1N1CCN(C(=O)CC(c2cccc(Oc3ccccc3)c2)c2cn(Cc3ccccc3)c3ccccc23)CC1. The summed E-state index contributed by atoms with van der Waals surface area (Å²) in [5.41, 5.74) is 5.67. The Balaban J connectivity index is 1.20. The van der Waals surface area contributed by atoms with Crippen molar-refractivity contribution in [2.45, 2.75) is 18.9 Å². The lowest BCUT2D eigenvalue weighted by Crippen LogP contribution is -2.49. The lowest BCUT2D eigenvalue weighted by molar-refractivity contribution is -0.131. The van der Waals surface area contributed by atoms with Crippen molar-refractivity contribution in [1.29, 1.82) is 0 Å². The Morgan fingerprint density at radius 2 is 1.40 bits per heavy atom. The molecule has 0 spiro atoms. The highest BCUT2D eigenvalue weighted by molar-refractivity contribution is 5.87. The number of methoxy groups -OCH3 is 1. The van der Waals surface area contributed by atoms with Gasteiger partial charge in [0.2, 0.25) is 5.91 Å². The first-order chi connectivity index (χ1) is 23.2. The third kappa shape index (κ3) is 6.73. The Labute approximate surface area is 276 Å². The van der Waals surface area contributed by atoms with Crippen LogP contribution < -0.4 is 14.4 Å². The minimum Gasteiger partial charge on any atom is -0.495 e. The second-order valence-electron chi connectivity index (χ2n) is 12.0. The lowest BCUT2D eigenvalue weighted by Gasteiger charge is -2.37. The summed E-state index contributed by atoms with van der Waals surface area (Å²) in [7, 11) is 1.70. The van der Waals surface area contributed by atoms with Crippen LogP contribution in [0.4, 0.5) is 5.69 Å². The zero-order valence-electron chi connectivity index (χ0n) is 26.7. The molecule has 236 valence electrons. The van der Waals surface area contributed by atoms with Gasteiger partial charge >= 0.3 is 0 Å². The van der Waals surface area contributed by atoms with Gasteiger partial charge in [0.1, 0.15) is 17.2 Å². The van der Waals surface area contributed by atoms with Gasteiger partial charge in [-0.05, 0) is 59.2 Å². The van der Waals surface area contributed by atoms with Crippen molar-refractivity contribution >= 4 is 22.5 Å².